The van der Waals surface area contributed by atoms with Crippen molar-refractivity contribution < 1.29 is 14.6 Å². The molecule has 1 heterocycles. The van der Waals surface area contributed by atoms with Crippen LogP contribution in [-0.2, 0) is 6.54 Å². The average Bonchev–Trinajstić information content (AvgIpc) is 2.92. The van der Waals surface area contributed by atoms with E-state index in [9.17, 15) is 9.90 Å². The summed E-state index contributed by atoms with van der Waals surface area (Å²) in [6.45, 7) is 2.45. The molecule has 1 aromatic carbocycles. The van der Waals surface area contributed by atoms with Crippen molar-refractivity contribution in [1.82, 2.24) is 9.88 Å². The van der Waals surface area contributed by atoms with E-state index in [-0.39, 0.29) is 19.1 Å². The molecule has 1 amide bonds. The third-order valence-corrected chi connectivity index (χ3v) is 3.40. The maximum absolute atomic E-state index is 12.6. The second-order valence-electron chi connectivity index (χ2n) is 4.78. The van der Waals surface area contributed by atoms with Gasteiger partial charge in [0.15, 0.2) is 0 Å². The summed E-state index contributed by atoms with van der Waals surface area (Å²) < 4.78 is 5.31. The van der Waals surface area contributed by atoms with Gasteiger partial charge in [-0.15, -0.1) is 0 Å². The Labute approximate surface area is 124 Å². The van der Waals surface area contributed by atoms with Crippen LogP contribution in [0.2, 0.25) is 0 Å². The number of hydrogen-bond acceptors (Lipinski definition) is 3. The van der Waals surface area contributed by atoms with Crippen molar-refractivity contribution in [2.75, 3.05) is 20.3 Å². The molecule has 0 atom stereocenters. The van der Waals surface area contributed by atoms with Gasteiger partial charge in [-0.2, -0.15) is 0 Å². The lowest BCUT2D eigenvalue weighted by Crippen LogP contribution is -2.33. The van der Waals surface area contributed by atoms with Gasteiger partial charge in [0.1, 0.15) is 5.75 Å². The van der Waals surface area contributed by atoms with Gasteiger partial charge in [-0.05, 0) is 19.1 Å². The normalized spacial score (nSPS) is 10.4. The smallest absolute Gasteiger partial charge is 0.256 e. The Bertz CT molecular complexity index is 607. The van der Waals surface area contributed by atoms with E-state index in [1.165, 1.54) is 0 Å². The van der Waals surface area contributed by atoms with Crippen LogP contribution in [0, 0.1) is 6.92 Å². The van der Waals surface area contributed by atoms with Gasteiger partial charge in [-0.25, -0.2) is 0 Å². The molecule has 2 N–H and O–H groups in total. The van der Waals surface area contributed by atoms with Crippen molar-refractivity contribution in [3.63, 3.8) is 0 Å². The SMILES string of the molecule is COc1ccccc1CN(CCO)C(=O)c1cc[nH]c1C. The number of aliphatic hydroxyl groups is 1. The van der Waals surface area contributed by atoms with Crippen molar-refractivity contribution in [2.24, 2.45) is 0 Å². The van der Waals surface area contributed by atoms with Crippen LogP contribution in [0.15, 0.2) is 36.5 Å². The summed E-state index contributed by atoms with van der Waals surface area (Å²) in [5, 5.41) is 9.22. The fraction of sp³-hybridized carbons (Fsp3) is 0.312. The Kier molecular flexibility index (Phi) is 5.00. The van der Waals surface area contributed by atoms with Gasteiger partial charge in [0.2, 0.25) is 0 Å². The van der Waals surface area contributed by atoms with Crippen LogP contribution in [0.4, 0.5) is 0 Å². The van der Waals surface area contributed by atoms with Crippen LogP contribution in [0.5, 0.6) is 5.75 Å². The first-order valence-corrected chi connectivity index (χ1v) is 6.83. The number of aromatic nitrogens is 1. The van der Waals surface area contributed by atoms with E-state index >= 15 is 0 Å². The van der Waals surface area contributed by atoms with Gasteiger partial charge in [0.05, 0.1) is 19.3 Å². The molecule has 2 rings (SSSR count). The monoisotopic (exact) mass is 288 g/mol. The number of H-pyrrole nitrogens is 1. The van der Waals surface area contributed by atoms with Gasteiger partial charge in [0, 0.05) is 30.5 Å². The molecule has 0 spiro atoms. The minimum absolute atomic E-state index is 0.0790. The quantitative estimate of drug-likeness (QED) is 0.854. The number of carbonyl (C=O) groups is 1. The zero-order chi connectivity index (χ0) is 15.2. The van der Waals surface area contributed by atoms with Crippen LogP contribution in [0.1, 0.15) is 21.6 Å². The molecule has 0 aliphatic rings. The van der Waals surface area contributed by atoms with Crippen molar-refractivity contribution in [2.45, 2.75) is 13.5 Å². The lowest BCUT2D eigenvalue weighted by atomic mass is 10.1. The second-order valence-corrected chi connectivity index (χ2v) is 4.78. The van der Waals surface area contributed by atoms with Crippen LogP contribution < -0.4 is 4.74 Å². The lowest BCUT2D eigenvalue weighted by Gasteiger charge is -2.23. The third-order valence-electron chi connectivity index (χ3n) is 3.40. The summed E-state index contributed by atoms with van der Waals surface area (Å²) in [4.78, 5) is 17.2. The van der Waals surface area contributed by atoms with E-state index in [2.05, 4.69) is 4.98 Å². The van der Waals surface area contributed by atoms with Crippen LogP contribution in [-0.4, -0.2) is 41.2 Å². The van der Waals surface area contributed by atoms with E-state index in [0.29, 0.717) is 12.1 Å². The first-order chi connectivity index (χ1) is 10.2. The number of nitrogens with zero attached hydrogens (tertiary/aromatic N) is 1. The standard InChI is InChI=1S/C16H20N2O3/c1-12-14(7-8-17-12)16(20)18(9-10-19)11-13-5-3-4-6-15(13)21-2/h3-8,17,19H,9-11H2,1-2H3. The summed E-state index contributed by atoms with van der Waals surface area (Å²) >= 11 is 0. The molecule has 2 aromatic rings. The highest BCUT2D eigenvalue weighted by Crippen LogP contribution is 2.20. The molecule has 0 bridgehead atoms. The number of aliphatic hydroxyl groups excluding tert-OH is 1. The highest BCUT2D eigenvalue weighted by Gasteiger charge is 2.19. The van der Waals surface area contributed by atoms with Crippen LogP contribution in [0.25, 0.3) is 0 Å². The fourth-order valence-electron chi connectivity index (χ4n) is 2.27. The lowest BCUT2D eigenvalue weighted by molar-refractivity contribution is 0.0706. The number of amides is 1. The number of ether oxygens (including phenoxy) is 1. The fourth-order valence-corrected chi connectivity index (χ4v) is 2.27. The minimum Gasteiger partial charge on any atom is -0.496 e. The van der Waals surface area contributed by atoms with Gasteiger partial charge in [0.25, 0.3) is 5.91 Å². The molecular weight excluding hydrogens is 268 g/mol. The number of carbonyl (C=O) groups excluding carboxylic acids is 1. The van der Waals surface area contributed by atoms with E-state index in [1.807, 2.05) is 31.2 Å². The molecule has 112 valence electrons. The van der Waals surface area contributed by atoms with E-state index < -0.39 is 0 Å². The molecule has 0 fully saturated rings. The van der Waals surface area contributed by atoms with Gasteiger partial charge in [-0.1, -0.05) is 18.2 Å². The second kappa shape index (κ2) is 6.95. The average molecular weight is 288 g/mol. The number of nitrogens with one attached hydrogen (secondary N) is 1. The molecule has 0 saturated carbocycles. The predicted octanol–water partition coefficient (Wildman–Crippen LogP) is 1.97. The molecule has 1 aromatic heterocycles. The minimum atomic E-state index is -0.103. The molecule has 5 nitrogen and oxygen atoms in total. The number of rotatable bonds is 6. The number of methoxy groups -OCH3 is 1. The number of benzene rings is 1. The first-order valence-electron chi connectivity index (χ1n) is 6.83. The first kappa shape index (κ1) is 15.1. The number of para-hydroxylation sites is 1. The molecule has 0 saturated heterocycles. The summed E-state index contributed by atoms with van der Waals surface area (Å²) in [7, 11) is 1.60. The molecule has 5 heteroatoms. The summed E-state index contributed by atoms with van der Waals surface area (Å²) in [6, 6.07) is 9.32. The summed E-state index contributed by atoms with van der Waals surface area (Å²) in [6.07, 6.45) is 1.74. The Hall–Kier alpha value is -2.27. The van der Waals surface area contributed by atoms with Crippen molar-refractivity contribution in [3.8, 4) is 5.75 Å². The zero-order valence-corrected chi connectivity index (χ0v) is 12.3. The Morgan fingerprint density at radius 3 is 2.71 bits per heavy atom. The predicted molar refractivity (Wildman–Crippen MR) is 80.4 cm³/mol. The molecule has 21 heavy (non-hydrogen) atoms. The molecule has 0 radical (unpaired) electrons. The van der Waals surface area contributed by atoms with Crippen molar-refractivity contribution in [3.05, 3.63) is 53.3 Å². The highest BCUT2D eigenvalue weighted by atomic mass is 16.5. The number of aromatic amines is 1. The highest BCUT2D eigenvalue weighted by molar-refractivity contribution is 5.95. The third kappa shape index (κ3) is 3.44. The maximum atomic E-state index is 12.6. The topological polar surface area (TPSA) is 65.6 Å². The van der Waals surface area contributed by atoms with E-state index in [1.54, 1.807) is 24.3 Å². The molecular formula is C16H20N2O3. The molecule has 0 aliphatic heterocycles. The van der Waals surface area contributed by atoms with Crippen LogP contribution >= 0.6 is 0 Å². The van der Waals surface area contributed by atoms with Gasteiger partial charge in [-0.3, -0.25) is 4.79 Å². The molecule has 0 unspecified atom stereocenters. The van der Waals surface area contributed by atoms with E-state index in [0.717, 1.165) is 17.0 Å². The zero-order valence-electron chi connectivity index (χ0n) is 12.3. The summed E-state index contributed by atoms with van der Waals surface area (Å²) in [5.41, 5.74) is 2.36. The Morgan fingerprint density at radius 2 is 2.10 bits per heavy atom. The summed E-state index contributed by atoms with van der Waals surface area (Å²) in [5.74, 6) is 0.632. The largest absolute Gasteiger partial charge is 0.496 e. The van der Waals surface area contributed by atoms with Crippen LogP contribution in [0.3, 0.4) is 0 Å². The Morgan fingerprint density at radius 1 is 1.33 bits per heavy atom. The van der Waals surface area contributed by atoms with Gasteiger partial charge >= 0.3 is 0 Å². The number of hydrogen-bond donors (Lipinski definition) is 2. The van der Waals surface area contributed by atoms with E-state index in [4.69, 9.17) is 4.74 Å². The van der Waals surface area contributed by atoms with Crippen molar-refractivity contribution in [1.29, 1.82) is 0 Å². The Balaban J connectivity index is 2.23. The van der Waals surface area contributed by atoms with Gasteiger partial charge < -0.3 is 19.7 Å². The molecule has 0 aliphatic carbocycles. The van der Waals surface area contributed by atoms with Crippen molar-refractivity contribution >= 4 is 5.91 Å². The number of aryl methyl sites for hydroxylation is 1. The maximum Gasteiger partial charge on any atom is 0.256 e.